The summed E-state index contributed by atoms with van der Waals surface area (Å²) in [6, 6.07) is 0.578. The van der Waals surface area contributed by atoms with Crippen molar-refractivity contribution in [2.24, 2.45) is 0 Å². The maximum atomic E-state index is 9.17. The van der Waals surface area contributed by atoms with E-state index in [1.807, 2.05) is 0 Å². The van der Waals surface area contributed by atoms with E-state index in [1.165, 1.54) is 0 Å². The molecule has 1 fully saturated rings. The van der Waals surface area contributed by atoms with Crippen LogP contribution in [-0.4, -0.2) is 47.4 Å². The molecule has 1 saturated heterocycles. The molecule has 102 valence electrons. The van der Waals surface area contributed by atoms with Gasteiger partial charge in [-0.05, 0) is 39.5 Å². The Bertz CT molecular complexity index is 214. The van der Waals surface area contributed by atoms with Crippen LogP contribution in [0.1, 0.15) is 53.4 Å². The van der Waals surface area contributed by atoms with Crippen LogP contribution in [0.5, 0.6) is 0 Å². The summed E-state index contributed by atoms with van der Waals surface area (Å²) < 4.78 is 6.04. The predicted octanol–water partition coefficient (Wildman–Crippen LogP) is 2.43. The van der Waals surface area contributed by atoms with E-state index in [0.29, 0.717) is 12.1 Å². The molecule has 0 aromatic rings. The molecule has 0 aliphatic carbocycles. The molecule has 1 rings (SSSR count). The maximum Gasteiger partial charge on any atom is 0.0710 e. The quantitative estimate of drug-likeness (QED) is 0.745. The fraction of sp³-hybridized carbons (Fsp3) is 1.00. The summed E-state index contributed by atoms with van der Waals surface area (Å²) in [5, 5.41) is 9.17. The van der Waals surface area contributed by atoms with Crippen LogP contribution in [0.4, 0.5) is 0 Å². The highest BCUT2D eigenvalue weighted by Gasteiger charge is 2.33. The van der Waals surface area contributed by atoms with Crippen molar-refractivity contribution in [3.8, 4) is 0 Å². The summed E-state index contributed by atoms with van der Waals surface area (Å²) in [6.07, 6.45) is 4.93. The molecule has 3 nitrogen and oxygen atoms in total. The smallest absolute Gasteiger partial charge is 0.0710 e. The topological polar surface area (TPSA) is 32.7 Å². The third-order valence-corrected chi connectivity index (χ3v) is 3.84. The van der Waals surface area contributed by atoms with Crippen LogP contribution in [-0.2, 0) is 4.74 Å². The summed E-state index contributed by atoms with van der Waals surface area (Å²) in [5.41, 5.74) is 0.0451. The lowest BCUT2D eigenvalue weighted by Gasteiger charge is -2.32. The van der Waals surface area contributed by atoms with Crippen LogP contribution in [0.3, 0.4) is 0 Å². The average molecular weight is 243 g/mol. The Hall–Kier alpha value is -0.120. The highest BCUT2D eigenvalue weighted by Crippen LogP contribution is 2.30. The van der Waals surface area contributed by atoms with Gasteiger partial charge in [-0.15, -0.1) is 0 Å². The standard InChI is InChI=1S/C14H29NO2/c1-5-12(6-2)15(9-10-16)11-13-7-8-14(3,4)17-13/h12-13,16H,5-11H2,1-4H3. The summed E-state index contributed by atoms with van der Waals surface area (Å²) in [4.78, 5) is 2.39. The van der Waals surface area contributed by atoms with Gasteiger partial charge in [0, 0.05) is 19.1 Å². The minimum atomic E-state index is 0.0451. The zero-order valence-corrected chi connectivity index (χ0v) is 11.9. The summed E-state index contributed by atoms with van der Waals surface area (Å²) in [6.45, 7) is 10.8. The third kappa shape index (κ3) is 4.57. The van der Waals surface area contributed by atoms with E-state index in [-0.39, 0.29) is 12.2 Å². The first-order valence-corrected chi connectivity index (χ1v) is 7.05. The van der Waals surface area contributed by atoms with Crippen molar-refractivity contribution in [3.63, 3.8) is 0 Å². The van der Waals surface area contributed by atoms with Gasteiger partial charge < -0.3 is 9.84 Å². The number of aliphatic hydroxyl groups excluding tert-OH is 1. The molecule has 17 heavy (non-hydrogen) atoms. The molecule has 1 N–H and O–H groups in total. The van der Waals surface area contributed by atoms with E-state index < -0.39 is 0 Å². The number of hydrogen-bond donors (Lipinski definition) is 1. The lowest BCUT2D eigenvalue weighted by atomic mass is 10.0. The van der Waals surface area contributed by atoms with Gasteiger partial charge in [-0.3, -0.25) is 4.90 Å². The summed E-state index contributed by atoms with van der Waals surface area (Å²) >= 11 is 0. The Kier molecular flexibility index (Phi) is 5.90. The Balaban J connectivity index is 2.49. The van der Waals surface area contributed by atoms with E-state index >= 15 is 0 Å². The normalized spacial score (nSPS) is 23.8. The Morgan fingerprint density at radius 1 is 1.35 bits per heavy atom. The molecule has 0 spiro atoms. The minimum absolute atomic E-state index is 0.0451. The first-order valence-electron chi connectivity index (χ1n) is 7.05. The van der Waals surface area contributed by atoms with Gasteiger partial charge in [0.05, 0.1) is 18.3 Å². The lowest BCUT2D eigenvalue weighted by Crippen LogP contribution is -2.42. The van der Waals surface area contributed by atoms with Crippen molar-refractivity contribution in [1.29, 1.82) is 0 Å². The molecule has 0 bridgehead atoms. The fourth-order valence-electron chi connectivity index (χ4n) is 2.82. The largest absolute Gasteiger partial charge is 0.395 e. The van der Waals surface area contributed by atoms with Crippen LogP contribution in [0, 0.1) is 0 Å². The second-order valence-electron chi connectivity index (χ2n) is 5.73. The number of nitrogens with zero attached hydrogens (tertiary/aromatic N) is 1. The SMILES string of the molecule is CCC(CC)N(CCO)CC1CCC(C)(C)O1. The van der Waals surface area contributed by atoms with E-state index in [9.17, 15) is 5.11 Å². The zero-order valence-electron chi connectivity index (χ0n) is 11.9. The van der Waals surface area contributed by atoms with Gasteiger partial charge >= 0.3 is 0 Å². The van der Waals surface area contributed by atoms with Crippen LogP contribution < -0.4 is 0 Å². The predicted molar refractivity (Wildman–Crippen MR) is 71.2 cm³/mol. The van der Waals surface area contributed by atoms with Crippen molar-refractivity contribution in [3.05, 3.63) is 0 Å². The van der Waals surface area contributed by atoms with Gasteiger partial charge in [0.25, 0.3) is 0 Å². The number of rotatable bonds is 7. The maximum absolute atomic E-state index is 9.17. The van der Waals surface area contributed by atoms with E-state index in [1.54, 1.807) is 0 Å². The highest BCUT2D eigenvalue weighted by atomic mass is 16.5. The summed E-state index contributed by atoms with van der Waals surface area (Å²) in [7, 11) is 0. The monoisotopic (exact) mass is 243 g/mol. The van der Waals surface area contributed by atoms with Crippen LogP contribution >= 0.6 is 0 Å². The molecule has 1 aliphatic rings. The highest BCUT2D eigenvalue weighted by molar-refractivity contribution is 4.84. The molecule has 1 heterocycles. The second kappa shape index (κ2) is 6.72. The van der Waals surface area contributed by atoms with Gasteiger partial charge in [0.15, 0.2) is 0 Å². The van der Waals surface area contributed by atoms with Crippen LogP contribution in [0.25, 0.3) is 0 Å². The van der Waals surface area contributed by atoms with Crippen molar-refractivity contribution >= 4 is 0 Å². The molecule has 3 heteroatoms. The second-order valence-corrected chi connectivity index (χ2v) is 5.73. The van der Waals surface area contributed by atoms with E-state index in [4.69, 9.17) is 4.74 Å². The van der Waals surface area contributed by atoms with Gasteiger partial charge in [-0.1, -0.05) is 13.8 Å². The first kappa shape index (κ1) is 14.9. The van der Waals surface area contributed by atoms with Crippen molar-refractivity contribution in [2.75, 3.05) is 19.7 Å². The zero-order chi connectivity index (χ0) is 12.9. The number of ether oxygens (including phenoxy) is 1. The molecule has 0 amide bonds. The molecule has 1 unspecified atom stereocenters. The molecule has 1 aliphatic heterocycles. The lowest BCUT2D eigenvalue weighted by molar-refractivity contribution is -0.0359. The fourth-order valence-corrected chi connectivity index (χ4v) is 2.82. The molecular weight excluding hydrogens is 214 g/mol. The van der Waals surface area contributed by atoms with Gasteiger partial charge in [-0.2, -0.15) is 0 Å². The first-order chi connectivity index (χ1) is 8.02. The summed E-state index contributed by atoms with van der Waals surface area (Å²) in [5.74, 6) is 0. The third-order valence-electron chi connectivity index (χ3n) is 3.84. The number of hydrogen-bond acceptors (Lipinski definition) is 3. The van der Waals surface area contributed by atoms with Crippen LogP contribution in [0.15, 0.2) is 0 Å². The Morgan fingerprint density at radius 2 is 2.00 bits per heavy atom. The average Bonchev–Trinajstić information content (AvgIpc) is 2.60. The van der Waals surface area contributed by atoms with Gasteiger partial charge in [0.2, 0.25) is 0 Å². The van der Waals surface area contributed by atoms with Crippen molar-refractivity contribution in [2.45, 2.75) is 71.1 Å². The van der Waals surface area contributed by atoms with Gasteiger partial charge in [0.1, 0.15) is 0 Å². The van der Waals surface area contributed by atoms with Crippen molar-refractivity contribution < 1.29 is 9.84 Å². The molecule has 0 aromatic carbocycles. The van der Waals surface area contributed by atoms with E-state index in [2.05, 4.69) is 32.6 Å². The molecule has 0 radical (unpaired) electrons. The minimum Gasteiger partial charge on any atom is -0.395 e. The molecule has 1 atom stereocenters. The van der Waals surface area contributed by atoms with Gasteiger partial charge in [-0.25, -0.2) is 0 Å². The number of aliphatic hydroxyl groups is 1. The van der Waals surface area contributed by atoms with E-state index in [0.717, 1.165) is 38.8 Å². The van der Waals surface area contributed by atoms with Crippen molar-refractivity contribution in [1.82, 2.24) is 4.90 Å². The molecular formula is C14H29NO2. The Morgan fingerprint density at radius 3 is 2.41 bits per heavy atom. The molecule has 0 aromatic heterocycles. The van der Waals surface area contributed by atoms with Crippen LogP contribution in [0.2, 0.25) is 0 Å². The Labute approximate surface area is 106 Å². The molecule has 0 saturated carbocycles.